The normalized spacial score (nSPS) is 12.8. The summed E-state index contributed by atoms with van der Waals surface area (Å²) in [7, 11) is 1.20. The summed E-state index contributed by atoms with van der Waals surface area (Å²) in [6.45, 7) is 16.7. The minimum Gasteiger partial charge on any atom is -0.465 e. The molecule has 0 amide bonds. The van der Waals surface area contributed by atoms with Crippen LogP contribution in [-0.2, 0) is 24.4 Å². The van der Waals surface area contributed by atoms with Gasteiger partial charge in [0.2, 0.25) is 11.9 Å². The van der Waals surface area contributed by atoms with Gasteiger partial charge in [-0.25, -0.2) is 23.5 Å². The minimum absolute atomic E-state index is 0.0874. The number of aromatic nitrogens is 6. The maximum Gasteiger partial charge on any atom is 0.340 e. The van der Waals surface area contributed by atoms with Gasteiger partial charge in [0.1, 0.15) is 22.9 Å². The van der Waals surface area contributed by atoms with E-state index in [1.54, 1.807) is 51.9 Å². The van der Waals surface area contributed by atoms with Gasteiger partial charge in [-0.3, -0.25) is 18.7 Å². The summed E-state index contributed by atoms with van der Waals surface area (Å²) in [5.74, 6) is -1.16. The molecule has 2 aromatic carbocycles. The largest absolute Gasteiger partial charge is 0.465 e. The Morgan fingerprint density at radius 3 is 1.57 bits per heavy atom. The fraction of sp³-hybridized carbons (Fsp3) is 0.372. The smallest absolute Gasteiger partial charge is 0.340 e. The van der Waals surface area contributed by atoms with Crippen LogP contribution in [0.4, 0.5) is 20.7 Å². The first kappa shape index (κ1) is 43.0. The zero-order chi connectivity index (χ0) is 42.5. The van der Waals surface area contributed by atoms with Crippen LogP contribution >= 0.6 is 0 Å². The summed E-state index contributed by atoms with van der Waals surface area (Å²) >= 11 is 0. The van der Waals surface area contributed by atoms with Crippen molar-refractivity contribution in [3.63, 3.8) is 0 Å². The molecule has 0 spiro atoms. The molecule has 15 heteroatoms. The van der Waals surface area contributed by atoms with Crippen molar-refractivity contribution in [2.24, 2.45) is 10.8 Å². The number of anilines is 2. The van der Waals surface area contributed by atoms with Crippen molar-refractivity contribution < 1.29 is 23.4 Å². The van der Waals surface area contributed by atoms with Crippen LogP contribution in [0.25, 0.3) is 22.1 Å². The van der Waals surface area contributed by atoms with Crippen LogP contribution in [-0.4, -0.2) is 47.3 Å². The lowest BCUT2D eigenvalue weighted by Crippen LogP contribution is -2.27. The van der Waals surface area contributed by atoms with Gasteiger partial charge in [0.25, 0.3) is 11.1 Å². The maximum atomic E-state index is 14.3. The zero-order valence-corrected chi connectivity index (χ0v) is 34.2. The molecule has 6 rings (SSSR count). The fourth-order valence-electron chi connectivity index (χ4n) is 6.13. The lowest BCUT2D eigenvalue weighted by molar-refractivity contribution is 0.0595. The molecule has 2 atom stereocenters. The number of nitrogens with one attached hydrogen (secondary N) is 2. The molecule has 4 heterocycles. The lowest BCUT2D eigenvalue weighted by Gasteiger charge is -2.21. The van der Waals surface area contributed by atoms with E-state index in [1.807, 2.05) is 34.6 Å². The number of rotatable bonds is 10. The Kier molecular flexibility index (Phi) is 13.1. The van der Waals surface area contributed by atoms with E-state index in [9.17, 15) is 23.2 Å². The molecule has 3 N–H and O–H groups in total. The molecule has 0 saturated carbocycles. The Bertz CT molecular complexity index is 2560. The molecule has 0 unspecified atom stereocenters. The fourth-order valence-corrected chi connectivity index (χ4v) is 6.13. The molecule has 0 aliphatic heterocycles. The second-order valence-electron chi connectivity index (χ2n) is 16.6. The van der Waals surface area contributed by atoms with Gasteiger partial charge in [-0.15, -0.1) is 0 Å². The molecule has 0 radical (unpaired) electrons. The van der Waals surface area contributed by atoms with E-state index in [2.05, 4.69) is 56.1 Å². The number of fused-ring (bicyclic) bond motifs is 2. The van der Waals surface area contributed by atoms with E-state index >= 15 is 0 Å². The van der Waals surface area contributed by atoms with Crippen LogP contribution in [0.1, 0.15) is 94.5 Å². The number of pyridine rings is 2. The number of ether oxygens (including phenoxy) is 1. The van der Waals surface area contributed by atoms with Crippen LogP contribution in [0, 0.1) is 22.5 Å². The maximum absolute atomic E-state index is 14.3. The predicted molar refractivity (Wildman–Crippen MR) is 221 cm³/mol. The first-order valence-electron chi connectivity index (χ1n) is 18.8. The van der Waals surface area contributed by atoms with Crippen molar-refractivity contribution in [2.45, 2.75) is 87.2 Å². The molecule has 58 heavy (non-hydrogen) atoms. The number of esters is 1. The molecule has 0 fully saturated rings. The van der Waals surface area contributed by atoms with Gasteiger partial charge < -0.3 is 20.5 Å². The van der Waals surface area contributed by atoms with Gasteiger partial charge in [-0.05, 0) is 66.1 Å². The SMILES string of the molecule is COC(=O)c1ccc([C@H](C)Nc2ncc3ccc(=O)n(CC(C)(C)C)c3n2)cc1F.C[C@H](Nc1ncc2ccc(=O)n(CC(C)(C)C)c2n1)c1ccc(CO)c(F)c1. The number of aliphatic hydroxyl groups is 1. The van der Waals surface area contributed by atoms with Gasteiger partial charge in [0, 0.05) is 54.0 Å². The van der Waals surface area contributed by atoms with Gasteiger partial charge in [0.05, 0.1) is 31.4 Å². The standard InChI is InChI=1S/C22H25FN4O3.C21H25FN4O2/c1-13(14-6-8-16(17(23)10-14)20(29)30-5)25-21-24-11-15-7-9-18(28)27(19(15)26-21)12-22(2,3)4;1-13(14-5-6-16(11-27)17(22)9-14)24-20-23-10-15-7-8-18(28)26(19(15)25-20)12-21(2,3)4/h6-11,13H,12H2,1-5H3,(H,24,25,26);5-10,13,27H,11-12H2,1-4H3,(H,23,24,25)/t2*13-/m00/s1. The van der Waals surface area contributed by atoms with Crippen LogP contribution in [0.15, 0.2) is 82.6 Å². The number of carbonyl (C=O) groups is 1. The Labute approximate surface area is 335 Å². The summed E-state index contributed by atoms with van der Waals surface area (Å²) in [6, 6.07) is 14.9. The van der Waals surface area contributed by atoms with Gasteiger partial charge in [-0.1, -0.05) is 59.7 Å². The second kappa shape index (κ2) is 17.6. The van der Waals surface area contributed by atoms with E-state index < -0.39 is 17.6 Å². The third-order valence-electron chi connectivity index (χ3n) is 9.05. The Hall–Kier alpha value is -6.09. The Morgan fingerprint density at radius 2 is 1.17 bits per heavy atom. The zero-order valence-electron chi connectivity index (χ0n) is 34.2. The molecule has 306 valence electrons. The highest BCUT2D eigenvalue weighted by Gasteiger charge is 2.19. The average molecular weight is 797 g/mol. The number of halogens is 2. The van der Waals surface area contributed by atoms with E-state index in [0.29, 0.717) is 47.4 Å². The van der Waals surface area contributed by atoms with Crippen molar-refractivity contribution in [1.82, 2.24) is 29.1 Å². The molecular formula is C43H50F2N8O5. The van der Waals surface area contributed by atoms with Crippen LogP contribution in [0.3, 0.4) is 0 Å². The average Bonchev–Trinajstić information content (AvgIpc) is 3.16. The van der Waals surface area contributed by atoms with E-state index in [-0.39, 0.29) is 51.8 Å². The number of benzene rings is 2. The monoisotopic (exact) mass is 796 g/mol. The molecule has 4 aromatic heterocycles. The molecule has 0 bridgehead atoms. The minimum atomic E-state index is -0.727. The predicted octanol–water partition coefficient (Wildman–Crippen LogP) is 7.58. The van der Waals surface area contributed by atoms with Gasteiger partial charge >= 0.3 is 5.97 Å². The van der Waals surface area contributed by atoms with Gasteiger partial charge in [-0.2, -0.15) is 9.97 Å². The van der Waals surface area contributed by atoms with Crippen molar-refractivity contribution in [2.75, 3.05) is 17.7 Å². The first-order chi connectivity index (χ1) is 27.3. The Balaban J connectivity index is 0.000000221. The van der Waals surface area contributed by atoms with Crippen LogP contribution < -0.4 is 21.8 Å². The van der Waals surface area contributed by atoms with Crippen molar-refractivity contribution >= 4 is 39.9 Å². The quantitative estimate of drug-likeness (QED) is 0.117. The number of hydrogen-bond donors (Lipinski definition) is 3. The highest BCUT2D eigenvalue weighted by molar-refractivity contribution is 5.89. The summed E-state index contributed by atoms with van der Waals surface area (Å²) in [4.78, 5) is 54.1. The summed E-state index contributed by atoms with van der Waals surface area (Å²) in [5.41, 5.74) is 2.12. The molecule has 0 saturated heterocycles. The highest BCUT2D eigenvalue weighted by Crippen LogP contribution is 2.25. The number of methoxy groups -OCH3 is 1. The number of carbonyl (C=O) groups excluding carboxylic acids is 1. The molecule has 0 aliphatic carbocycles. The topological polar surface area (TPSA) is 166 Å². The third-order valence-corrected chi connectivity index (χ3v) is 9.05. The van der Waals surface area contributed by atoms with Crippen LogP contribution in [0.2, 0.25) is 0 Å². The number of hydrogen-bond acceptors (Lipinski definition) is 11. The second-order valence-corrected chi connectivity index (χ2v) is 16.6. The van der Waals surface area contributed by atoms with E-state index in [1.165, 1.54) is 37.4 Å². The molecule has 6 aromatic rings. The van der Waals surface area contributed by atoms with Gasteiger partial charge in [0.15, 0.2) is 0 Å². The summed E-state index contributed by atoms with van der Waals surface area (Å²) < 4.78 is 36.1. The molecule has 0 aliphatic rings. The number of nitrogens with zero attached hydrogens (tertiary/aromatic N) is 6. The lowest BCUT2D eigenvalue weighted by atomic mass is 9.96. The first-order valence-corrected chi connectivity index (χ1v) is 18.8. The van der Waals surface area contributed by atoms with E-state index in [4.69, 9.17) is 5.11 Å². The van der Waals surface area contributed by atoms with Crippen molar-refractivity contribution in [3.8, 4) is 0 Å². The number of aliphatic hydroxyl groups excluding tert-OH is 1. The van der Waals surface area contributed by atoms with Crippen molar-refractivity contribution in [1.29, 1.82) is 0 Å². The highest BCUT2D eigenvalue weighted by atomic mass is 19.1. The summed E-state index contributed by atoms with van der Waals surface area (Å²) in [5, 5.41) is 16.9. The van der Waals surface area contributed by atoms with Crippen molar-refractivity contribution in [3.05, 3.63) is 128 Å². The van der Waals surface area contributed by atoms with E-state index in [0.717, 1.165) is 10.8 Å². The van der Waals surface area contributed by atoms with Crippen LogP contribution in [0.5, 0.6) is 0 Å². The molecule has 13 nitrogen and oxygen atoms in total. The third kappa shape index (κ3) is 10.6. The summed E-state index contributed by atoms with van der Waals surface area (Å²) in [6.07, 6.45) is 3.32. The molecular weight excluding hydrogens is 747 g/mol. The Morgan fingerprint density at radius 1 is 0.724 bits per heavy atom.